The number of amides is 3. The van der Waals surface area contributed by atoms with Gasteiger partial charge >= 0.3 is 0 Å². The highest BCUT2D eigenvalue weighted by Crippen LogP contribution is 2.29. The Morgan fingerprint density at radius 3 is 2.35 bits per heavy atom. The van der Waals surface area contributed by atoms with Crippen molar-refractivity contribution in [2.45, 2.75) is 44.7 Å². The number of para-hydroxylation sites is 1. The van der Waals surface area contributed by atoms with Gasteiger partial charge < -0.3 is 24.8 Å². The molecule has 0 saturated heterocycles. The van der Waals surface area contributed by atoms with Gasteiger partial charge in [-0.2, -0.15) is 0 Å². The third kappa shape index (κ3) is 7.02. The van der Waals surface area contributed by atoms with Crippen LogP contribution in [-0.4, -0.2) is 60.4 Å². The van der Waals surface area contributed by atoms with Gasteiger partial charge in [0, 0.05) is 47.9 Å². The number of aromatic nitrogens is 1. The summed E-state index contributed by atoms with van der Waals surface area (Å²) in [6.07, 6.45) is 1.56. The molecule has 0 bridgehead atoms. The lowest BCUT2D eigenvalue weighted by atomic mass is 10.0. The first-order valence-electron chi connectivity index (χ1n) is 14.1. The number of carbonyl (C=O) groups excluding carboxylic acids is 3. The normalized spacial score (nSPS) is 13.4. The molecule has 1 saturated carbocycles. The van der Waals surface area contributed by atoms with Crippen LogP contribution in [0.1, 0.15) is 29.7 Å². The summed E-state index contributed by atoms with van der Waals surface area (Å²) in [6.45, 7) is 1.68. The Balaban J connectivity index is 1.34. The number of aryl methyl sites for hydroxylation is 1. The number of methoxy groups -OCH3 is 1. The first-order valence-corrected chi connectivity index (χ1v) is 14.1. The zero-order valence-corrected chi connectivity index (χ0v) is 24.3. The topological polar surface area (TPSA) is 94.7 Å². The van der Waals surface area contributed by atoms with E-state index >= 15 is 0 Å². The number of benzene rings is 3. The van der Waals surface area contributed by atoms with Gasteiger partial charge in [-0.05, 0) is 73.4 Å². The van der Waals surface area contributed by atoms with E-state index in [0.29, 0.717) is 11.4 Å². The second-order valence-corrected chi connectivity index (χ2v) is 10.9. The Morgan fingerprint density at radius 1 is 1.02 bits per heavy atom. The van der Waals surface area contributed by atoms with Crippen molar-refractivity contribution in [2.24, 2.45) is 0 Å². The number of rotatable bonds is 11. The molecule has 0 unspecified atom stereocenters. The van der Waals surface area contributed by atoms with Gasteiger partial charge in [0.2, 0.25) is 17.7 Å². The van der Waals surface area contributed by atoms with Crippen LogP contribution in [0.15, 0.2) is 66.7 Å². The first-order chi connectivity index (χ1) is 20.6. The lowest BCUT2D eigenvalue weighted by Gasteiger charge is -2.27. The van der Waals surface area contributed by atoms with Gasteiger partial charge in [-0.25, -0.2) is 8.78 Å². The Kier molecular flexibility index (Phi) is 8.75. The first kappa shape index (κ1) is 29.8. The summed E-state index contributed by atoms with van der Waals surface area (Å²) >= 11 is 0. The predicted molar refractivity (Wildman–Crippen MR) is 160 cm³/mol. The van der Waals surface area contributed by atoms with Gasteiger partial charge in [-0.3, -0.25) is 14.4 Å². The molecule has 1 heterocycles. The molecule has 1 aromatic heterocycles. The summed E-state index contributed by atoms with van der Waals surface area (Å²) in [7, 11) is 3.09. The maximum Gasteiger partial charge on any atom is 0.249 e. The number of anilines is 1. The quantitative estimate of drug-likeness (QED) is 0.266. The molecule has 1 aliphatic rings. The van der Waals surface area contributed by atoms with Gasteiger partial charge in [0.05, 0.1) is 20.1 Å². The van der Waals surface area contributed by atoms with Crippen molar-refractivity contribution in [1.29, 1.82) is 0 Å². The zero-order valence-electron chi connectivity index (χ0n) is 24.3. The van der Waals surface area contributed by atoms with Crippen LogP contribution in [0.5, 0.6) is 5.75 Å². The summed E-state index contributed by atoms with van der Waals surface area (Å²) in [5.41, 5.74) is 3.47. The van der Waals surface area contributed by atoms with Crippen LogP contribution >= 0.6 is 0 Å². The number of aromatic amines is 1. The number of fused-ring (bicyclic) bond motifs is 1. The van der Waals surface area contributed by atoms with Gasteiger partial charge in [-0.1, -0.05) is 18.2 Å². The molecule has 1 fully saturated rings. The van der Waals surface area contributed by atoms with E-state index in [2.05, 4.69) is 10.3 Å². The van der Waals surface area contributed by atoms with Crippen LogP contribution in [-0.2, 0) is 27.2 Å². The van der Waals surface area contributed by atoms with E-state index in [0.717, 1.165) is 53.2 Å². The fraction of sp³-hybridized carbons (Fsp3) is 0.303. The Hall–Kier alpha value is -4.73. The molecule has 0 spiro atoms. The minimum Gasteiger partial charge on any atom is -0.497 e. The van der Waals surface area contributed by atoms with Crippen LogP contribution < -0.4 is 15.0 Å². The van der Waals surface area contributed by atoms with Crippen LogP contribution in [0.2, 0.25) is 0 Å². The molecule has 5 rings (SSSR count). The lowest BCUT2D eigenvalue weighted by molar-refractivity contribution is -0.136. The maximum absolute atomic E-state index is 14.0. The smallest absolute Gasteiger partial charge is 0.249 e. The van der Waals surface area contributed by atoms with E-state index in [-0.39, 0.29) is 36.9 Å². The van der Waals surface area contributed by atoms with Crippen molar-refractivity contribution in [3.05, 3.63) is 95.2 Å². The van der Waals surface area contributed by atoms with Crippen molar-refractivity contribution in [2.75, 3.05) is 25.6 Å². The standard InChI is InChI=1S/C33H34F2N4O4/c1-20-28(27-6-4-5-7-29(27)36-20)18-32(41)39(25-8-9-25)19-31(40)37-30(16-21-14-22(34)17-23(35)15-21)33(42)38(2)24-10-12-26(43-3)13-11-24/h4-7,10-15,17,25,30,36H,8-9,16,18-19H2,1-3H3,(H,37,40)/t30-/m0/s1. The molecule has 0 aliphatic heterocycles. The van der Waals surface area contributed by atoms with Crippen LogP contribution in [0.25, 0.3) is 10.9 Å². The molecular weight excluding hydrogens is 554 g/mol. The summed E-state index contributed by atoms with van der Waals surface area (Å²) < 4.78 is 33.2. The van der Waals surface area contributed by atoms with Crippen molar-refractivity contribution in [3.63, 3.8) is 0 Å². The zero-order chi connectivity index (χ0) is 30.7. The fourth-order valence-electron chi connectivity index (χ4n) is 5.35. The second-order valence-electron chi connectivity index (χ2n) is 10.9. The Bertz CT molecular complexity index is 1630. The summed E-state index contributed by atoms with van der Waals surface area (Å²) in [4.78, 5) is 46.8. The lowest BCUT2D eigenvalue weighted by Crippen LogP contribution is -2.52. The highest BCUT2D eigenvalue weighted by atomic mass is 19.1. The van der Waals surface area contributed by atoms with Crippen LogP contribution in [0.3, 0.4) is 0 Å². The Labute approximate surface area is 248 Å². The average Bonchev–Trinajstić information content (AvgIpc) is 3.78. The summed E-state index contributed by atoms with van der Waals surface area (Å²) in [6, 6.07) is 16.3. The van der Waals surface area contributed by atoms with Gasteiger partial charge in [0.1, 0.15) is 23.4 Å². The number of ether oxygens (including phenoxy) is 1. The summed E-state index contributed by atoms with van der Waals surface area (Å²) in [5, 5.41) is 3.71. The largest absolute Gasteiger partial charge is 0.497 e. The molecule has 43 heavy (non-hydrogen) atoms. The molecular formula is C33H34F2N4O4. The molecule has 0 radical (unpaired) electrons. The number of nitrogens with one attached hydrogen (secondary N) is 2. The highest BCUT2D eigenvalue weighted by molar-refractivity contribution is 5.99. The summed E-state index contributed by atoms with van der Waals surface area (Å²) in [5.74, 6) is -2.16. The number of likely N-dealkylation sites (N-methyl/N-ethyl adjacent to an activating group) is 1. The third-order valence-electron chi connectivity index (χ3n) is 7.76. The molecule has 224 valence electrons. The molecule has 10 heteroatoms. The third-order valence-corrected chi connectivity index (χ3v) is 7.76. The average molecular weight is 589 g/mol. The number of hydrogen-bond donors (Lipinski definition) is 2. The Morgan fingerprint density at radius 2 is 1.70 bits per heavy atom. The van der Waals surface area contributed by atoms with E-state index in [9.17, 15) is 23.2 Å². The van der Waals surface area contributed by atoms with Crippen LogP contribution in [0, 0.1) is 18.6 Å². The van der Waals surface area contributed by atoms with E-state index < -0.39 is 29.5 Å². The van der Waals surface area contributed by atoms with Crippen molar-refractivity contribution in [3.8, 4) is 5.75 Å². The van der Waals surface area contributed by atoms with Gasteiger partial charge in [-0.15, -0.1) is 0 Å². The molecule has 1 atom stereocenters. The second kappa shape index (κ2) is 12.6. The van der Waals surface area contributed by atoms with Crippen LogP contribution in [0.4, 0.5) is 14.5 Å². The number of hydrogen-bond acceptors (Lipinski definition) is 4. The van der Waals surface area contributed by atoms with Gasteiger partial charge in [0.15, 0.2) is 0 Å². The molecule has 3 aromatic carbocycles. The number of H-pyrrole nitrogens is 1. The number of halogens is 2. The molecule has 2 N–H and O–H groups in total. The monoisotopic (exact) mass is 588 g/mol. The highest BCUT2D eigenvalue weighted by Gasteiger charge is 2.35. The van der Waals surface area contributed by atoms with Crippen molar-refractivity contribution >= 4 is 34.3 Å². The van der Waals surface area contributed by atoms with E-state index in [1.807, 2.05) is 31.2 Å². The van der Waals surface area contributed by atoms with Crippen molar-refractivity contribution < 1.29 is 27.9 Å². The number of carbonyl (C=O) groups is 3. The van der Waals surface area contributed by atoms with E-state index in [4.69, 9.17) is 4.74 Å². The molecule has 3 amide bonds. The fourth-order valence-corrected chi connectivity index (χ4v) is 5.35. The molecule has 1 aliphatic carbocycles. The number of nitrogens with zero attached hydrogens (tertiary/aromatic N) is 2. The van der Waals surface area contributed by atoms with E-state index in [1.165, 1.54) is 12.0 Å². The van der Waals surface area contributed by atoms with E-state index in [1.54, 1.807) is 36.2 Å². The molecule has 4 aromatic rings. The predicted octanol–water partition coefficient (Wildman–Crippen LogP) is 4.69. The minimum atomic E-state index is -1.15. The van der Waals surface area contributed by atoms with Gasteiger partial charge in [0.25, 0.3) is 0 Å². The minimum absolute atomic E-state index is 0.0581. The maximum atomic E-state index is 14.0. The van der Waals surface area contributed by atoms with Crippen molar-refractivity contribution in [1.82, 2.24) is 15.2 Å². The molecule has 8 nitrogen and oxygen atoms in total. The SMILES string of the molecule is COc1ccc(N(C)C(=O)[C@H](Cc2cc(F)cc(F)c2)NC(=O)CN(C(=O)Cc2c(C)[nH]c3ccccc23)C2CC2)cc1.